The number of hydrogen-bond donors (Lipinski definition) is 1. The van der Waals surface area contributed by atoms with Crippen molar-refractivity contribution in [1.82, 2.24) is 10.2 Å². The second-order valence-corrected chi connectivity index (χ2v) is 5.09. The van der Waals surface area contributed by atoms with Crippen LogP contribution in [0.25, 0.3) is 0 Å². The fourth-order valence-corrected chi connectivity index (χ4v) is 2.67. The van der Waals surface area contributed by atoms with E-state index in [9.17, 15) is 4.79 Å². The lowest BCUT2D eigenvalue weighted by Gasteiger charge is -2.33. The predicted octanol–water partition coefficient (Wildman–Crippen LogP) is 1.79. The maximum absolute atomic E-state index is 11.8. The van der Waals surface area contributed by atoms with Crippen LogP contribution in [0.2, 0.25) is 0 Å². The van der Waals surface area contributed by atoms with E-state index in [-0.39, 0.29) is 12.0 Å². The molecule has 0 aromatic heterocycles. The van der Waals surface area contributed by atoms with Gasteiger partial charge in [0.15, 0.2) is 0 Å². The van der Waals surface area contributed by atoms with E-state index in [4.69, 9.17) is 4.74 Å². The fraction of sp³-hybridized carbons (Fsp3) is 0.929. The van der Waals surface area contributed by atoms with Crippen molar-refractivity contribution in [2.24, 2.45) is 0 Å². The van der Waals surface area contributed by atoms with E-state index in [0.717, 1.165) is 13.1 Å². The van der Waals surface area contributed by atoms with Crippen LogP contribution in [0.4, 0.5) is 0 Å². The molecule has 1 fully saturated rings. The van der Waals surface area contributed by atoms with Gasteiger partial charge in [-0.05, 0) is 33.4 Å². The van der Waals surface area contributed by atoms with Gasteiger partial charge < -0.3 is 15.0 Å². The molecule has 0 bridgehead atoms. The highest BCUT2D eigenvalue weighted by Gasteiger charge is 2.25. The van der Waals surface area contributed by atoms with Gasteiger partial charge in [-0.25, -0.2) is 0 Å². The summed E-state index contributed by atoms with van der Waals surface area (Å²) in [6.07, 6.45) is 6.52. The molecule has 1 N–H and O–H groups in total. The molecule has 0 amide bonds. The van der Waals surface area contributed by atoms with Gasteiger partial charge >= 0.3 is 5.97 Å². The first-order valence-electron chi connectivity index (χ1n) is 7.29. The number of hydrogen-bond acceptors (Lipinski definition) is 4. The van der Waals surface area contributed by atoms with Crippen LogP contribution in [0.1, 0.15) is 46.0 Å². The molecule has 0 aromatic carbocycles. The van der Waals surface area contributed by atoms with Crippen LogP contribution in [-0.4, -0.2) is 49.7 Å². The summed E-state index contributed by atoms with van der Waals surface area (Å²) in [5.74, 6) is -0.123. The highest BCUT2D eigenvalue weighted by Crippen LogP contribution is 2.21. The van der Waals surface area contributed by atoms with E-state index in [1.54, 1.807) is 0 Å². The minimum absolute atomic E-state index is 0.123. The highest BCUT2D eigenvalue weighted by molar-refractivity contribution is 5.76. The molecule has 4 heteroatoms. The van der Waals surface area contributed by atoms with Crippen molar-refractivity contribution >= 4 is 5.97 Å². The average molecular weight is 256 g/mol. The lowest BCUT2D eigenvalue weighted by molar-refractivity contribution is -0.146. The molecule has 4 nitrogen and oxygen atoms in total. The minimum Gasteiger partial charge on any atom is -0.465 e. The van der Waals surface area contributed by atoms with Gasteiger partial charge in [-0.3, -0.25) is 4.79 Å². The number of rotatable bonds is 7. The molecule has 1 atom stereocenters. The molecule has 0 aromatic rings. The van der Waals surface area contributed by atoms with Crippen LogP contribution in [0, 0.1) is 0 Å². The molecule has 1 saturated carbocycles. The molecule has 1 rings (SSSR count). The molecule has 0 heterocycles. The van der Waals surface area contributed by atoms with Crippen LogP contribution in [-0.2, 0) is 9.53 Å². The van der Waals surface area contributed by atoms with Crippen molar-refractivity contribution < 1.29 is 9.53 Å². The summed E-state index contributed by atoms with van der Waals surface area (Å²) >= 11 is 0. The summed E-state index contributed by atoms with van der Waals surface area (Å²) in [5.41, 5.74) is 0. The Morgan fingerprint density at radius 3 is 2.56 bits per heavy atom. The summed E-state index contributed by atoms with van der Waals surface area (Å²) in [7, 11) is 2.12. The zero-order valence-corrected chi connectivity index (χ0v) is 12.1. The molecule has 0 saturated heterocycles. The van der Waals surface area contributed by atoms with Gasteiger partial charge in [-0.15, -0.1) is 0 Å². The molecule has 0 spiro atoms. The zero-order chi connectivity index (χ0) is 13.4. The largest absolute Gasteiger partial charge is 0.465 e. The summed E-state index contributed by atoms with van der Waals surface area (Å²) in [4.78, 5) is 14.2. The van der Waals surface area contributed by atoms with E-state index in [0.29, 0.717) is 12.6 Å². The normalized spacial score (nSPS) is 18.9. The first-order valence-corrected chi connectivity index (χ1v) is 7.29. The maximum atomic E-state index is 11.8. The Labute approximate surface area is 111 Å². The monoisotopic (exact) mass is 256 g/mol. The van der Waals surface area contributed by atoms with E-state index in [1.807, 2.05) is 13.8 Å². The molecule has 0 radical (unpaired) electrons. The zero-order valence-electron chi connectivity index (χ0n) is 12.1. The van der Waals surface area contributed by atoms with Crippen molar-refractivity contribution in [3.8, 4) is 0 Å². The molecule has 0 aliphatic heterocycles. The first-order chi connectivity index (χ1) is 8.69. The van der Waals surface area contributed by atoms with Gasteiger partial charge in [0.1, 0.15) is 6.04 Å². The second-order valence-electron chi connectivity index (χ2n) is 5.09. The van der Waals surface area contributed by atoms with Crippen LogP contribution in [0.5, 0.6) is 0 Å². The summed E-state index contributed by atoms with van der Waals surface area (Å²) in [5, 5.41) is 3.22. The Morgan fingerprint density at radius 1 is 1.33 bits per heavy atom. The number of nitrogens with zero attached hydrogens (tertiary/aromatic N) is 1. The number of ether oxygens (including phenoxy) is 1. The minimum atomic E-state index is -0.193. The number of esters is 1. The Bertz CT molecular complexity index is 240. The fourth-order valence-electron chi connectivity index (χ4n) is 2.67. The Balaban J connectivity index is 2.45. The molecular formula is C14H28N2O2. The first kappa shape index (κ1) is 15.4. The van der Waals surface area contributed by atoms with Crippen LogP contribution in [0.15, 0.2) is 0 Å². The van der Waals surface area contributed by atoms with E-state index in [1.165, 1.54) is 32.1 Å². The third-order valence-electron chi connectivity index (χ3n) is 3.69. The van der Waals surface area contributed by atoms with Crippen molar-refractivity contribution in [3.63, 3.8) is 0 Å². The van der Waals surface area contributed by atoms with Gasteiger partial charge in [0.05, 0.1) is 6.61 Å². The molecular weight excluding hydrogens is 228 g/mol. The third-order valence-corrected chi connectivity index (χ3v) is 3.69. The maximum Gasteiger partial charge on any atom is 0.324 e. The molecule has 1 aliphatic carbocycles. The van der Waals surface area contributed by atoms with Crippen LogP contribution in [0.3, 0.4) is 0 Å². The molecule has 18 heavy (non-hydrogen) atoms. The smallest absolute Gasteiger partial charge is 0.324 e. The van der Waals surface area contributed by atoms with Crippen molar-refractivity contribution in [2.75, 3.05) is 26.7 Å². The van der Waals surface area contributed by atoms with Gasteiger partial charge in [0.25, 0.3) is 0 Å². The van der Waals surface area contributed by atoms with E-state index >= 15 is 0 Å². The van der Waals surface area contributed by atoms with Gasteiger partial charge in [-0.1, -0.05) is 26.2 Å². The van der Waals surface area contributed by atoms with Gasteiger partial charge in [0.2, 0.25) is 0 Å². The van der Waals surface area contributed by atoms with E-state index in [2.05, 4.69) is 17.3 Å². The lowest BCUT2D eigenvalue weighted by atomic mass is 9.94. The number of carbonyl (C=O) groups is 1. The number of likely N-dealkylation sites (N-methyl/N-ethyl adjacent to an activating group) is 2. The van der Waals surface area contributed by atoms with Gasteiger partial charge in [-0.2, -0.15) is 0 Å². The summed E-state index contributed by atoms with van der Waals surface area (Å²) < 4.78 is 5.12. The lowest BCUT2D eigenvalue weighted by Crippen LogP contribution is -2.48. The standard InChI is InChI=1S/C14H28N2O2/c1-4-15-13(14(17)18-5-2)11-16(3)12-9-7-6-8-10-12/h12-13,15H,4-11H2,1-3H3. The van der Waals surface area contributed by atoms with Crippen molar-refractivity contribution in [1.29, 1.82) is 0 Å². The summed E-state index contributed by atoms with van der Waals surface area (Å²) in [6.45, 7) is 5.87. The molecule has 1 aliphatic rings. The van der Waals surface area contributed by atoms with Crippen molar-refractivity contribution in [3.05, 3.63) is 0 Å². The Hall–Kier alpha value is -0.610. The van der Waals surface area contributed by atoms with Gasteiger partial charge in [0, 0.05) is 12.6 Å². The third kappa shape index (κ3) is 4.94. The Kier molecular flexibility index (Phi) is 7.28. The Morgan fingerprint density at radius 2 is 2.00 bits per heavy atom. The van der Waals surface area contributed by atoms with Crippen LogP contribution < -0.4 is 5.32 Å². The quantitative estimate of drug-likeness (QED) is 0.705. The van der Waals surface area contributed by atoms with Crippen LogP contribution >= 0.6 is 0 Å². The van der Waals surface area contributed by atoms with E-state index < -0.39 is 0 Å². The number of carbonyl (C=O) groups excluding carboxylic acids is 1. The SMILES string of the molecule is CCNC(CN(C)C1CCCCC1)C(=O)OCC. The number of nitrogens with one attached hydrogen (secondary N) is 1. The highest BCUT2D eigenvalue weighted by atomic mass is 16.5. The summed E-state index contributed by atoms with van der Waals surface area (Å²) in [6, 6.07) is 0.441. The topological polar surface area (TPSA) is 41.6 Å². The molecule has 106 valence electrons. The predicted molar refractivity (Wildman–Crippen MR) is 73.6 cm³/mol. The molecule has 1 unspecified atom stereocenters. The second kappa shape index (κ2) is 8.48. The van der Waals surface area contributed by atoms with Crippen molar-refractivity contribution in [2.45, 2.75) is 58.0 Å². The average Bonchev–Trinajstić information content (AvgIpc) is 2.39.